The molecule has 0 radical (unpaired) electrons. The second-order valence-electron chi connectivity index (χ2n) is 7.44. The second kappa shape index (κ2) is 8.19. The Morgan fingerprint density at radius 3 is 2.38 bits per heavy atom. The largest absolute Gasteiger partial charge is 0.450 e. The van der Waals surface area contributed by atoms with Crippen LogP contribution in [0.25, 0.3) is 0 Å². The minimum absolute atomic E-state index is 0.174. The van der Waals surface area contributed by atoms with Gasteiger partial charge in [0.2, 0.25) is 5.91 Å². The molecule has 0 aromatic heterocycles. The molecule has 1 unspecified atom stereocenters. The standard InChI is InChI=1S/C18H31N3O3/c1-2-24-18(23)20-12-7-16(8-13-20)21-11-5-6-15(14-21)17(22)19-9-3-4-10-19/h15-16H,2-14H2,1H3/p+1/t15-/m1/s1. The van der Waals surface area contributed by atoms with Gasteiger partial charge in [-0.05, 0) is 32.6 Å². The van der Waals surface area contributed by atoms with E-state index in [1.807, 2.05) is 11.8 Å². The molecule has 3 rings (SSSR count). The van der Waals surface area contributed by atoms with Crippen LogP contribution in [0, 0.1) is 5.92 Å². The lowest BCUT2D eigenvalue weighted by Crippen LogP contribution is -3.17. The molecule has 24 heavy (non-hydrogen) atoms. The van der Waals surface area contributed by atoms with Crippen molar-refractivity contribution >= 4 is 12.0 Å². The van der Waals surface area contributed by atoms with Crippen molar-refractivity contribution in [3.63, 3.8) is 0 Å². The summed E-state index contributed by atoms with van der Waals surface area (Å²) in [4.78, 5) is 30.0. The molecule has 0 aromatic carbocycles. The van der Waals surface area contributed by atoms with E-state index in [1.54, 1.807) is 4.90 Å². The molecule has 6 nitrogen and oxygen atoms in total. The summed E-state index contributed by atoms with van der Waals surface area (Å²) >= 11 is 0. The van der Waals surface area contributed by atoms with Crippen molar-refractivity contribution in [2.24, 2.45) is 5.92 Å². The molecule has 3 fully saturated rings. The zero-order chi connectivity index (χ0) is 16.9. The van der Waals surface area contributed by atoms with Gasteiger partial charge in [0.05, 0.1) is 31.7 Å². The molecule has 0 bridgehead atoms. The van der Waals surface area contributed by atoms with E-state index in [4.69, 9.17) is 4.74 Å². The lowest BCUT2D eigenvalue weighted by molar-refractivity contribution is -0.933. The van der Waals surface area contributed by atoms with E-state index in [9.17, 15) is 9.59 Å². The van der Waals surface area contributed by atoms with Crippen LogP contribution in [0.15, 0.2) is 0 Å². The van der Waals surface area contributed by atoms with Gasteiger partial charge in [0.15, 0.2) is 0 Å². The Morgan fingerprint density at radius 2 is 1.71 bits per heavy atom. The third-order valence-electron chi connectivity index (χ3n) is 5.92. The van der Waals surface area contributed by atoms with E-state index in [-0.39, 0.29) is 12.0 Å². The Bertz CT molecular complexity index is 443. The molecular formula is C18H32N3O3+. The van der Waals surface area contributed by atoms with Gasteiger partial charge in [0.25, 0.3) is 0 Å². The number of nitrogens with one attached hydrogen (secondary N) is 1. The fourth-order valence-corrected chi connectivity index (χ4v) is 4.56. The van der Waals surface area contributed by atoms with E-state index in [0.29, 0.717) is 18.6 Å². The molecule has 3 aliphatic heterocycles. The summed E-state index contributed by atoms with van der Waals surface area (Å²) in [7, 11) is 0. The minimum atomic E-state index is -0.174. The molecule has 0 spiro atoms. The van der Waals surface area contributed by atoms with E-state index < -0.39 is 0 Å². The van der Waals surface area contributed by atoms with Gasteiger partial charge in [-0.2, -0.15) is 0 Å². The number of hydrogen-bond acceptors (Lipinski definition) is 3. The average molecular weight is 338 g/mol. The Hall–Kier alpha value is -1.30. The third kappa shape index (κ3) is 4.02. The maximum absolute atomic E-state index is 12.7. The average Bonchev–Trinajstić information content (AvgIpc) is 3.16. The summed E-state index contributed by atoms with van der Waals surface area (Å²) < 4.78 is 5.10. The van der Waals surface area contributed by atoms with Crippen LogP contribution in [0.2, 0.25) is 0 Å². The SMILES string of the molecule is CCOC(=O)N1CCC([NH+]2CCC[C@@H](C(=O)N3CCCC3)C2)CC1. The van der Waals surface area contributed by atoms with E-state index in [1.165, 1.54) is 19.4 Å². The highest BCUT2D eigenvalue weighted by molar-refractivity contribution is 5.79. The fraction of sp³-hybridized carbons (Fsp3) is 0.889. The Labute approximate surface area is 145 Å². The second-order valence-corrected chi connectivity index (χ2v) is 7.44. The molecule has 0 aliphatic carbocycles. The molecule has 3 heterocycles. The number of rotatable bonds is 3. The molecule has 2 atom stereocenters. The van der Waals surface area contributed by atoms with Gasteiger partial charge in [-0.3, -0.25) is 4.79 Å². The zero-order valence-corrected chi connectivity index (χ0v) is 15.0. The Balaban J connectivity index is 1.48. The lowest BCUT2D eigenvalue weighted by Gasteiger charge is -2.39. The first kappa shape index (κ1) is 17.5. The van der Waals surface area contributed by atoms with Gasteiger partial charge in [0, 0.05) is 39.0 Å². The first-order valence-electron chi connectivity index (χ1n) is 9.74. The summed E-state index contributed by atoms with van der Waals surface area (Å²) in [6.45, 7) is 7.95. The minimum Gasteiger partial charge on any atom is -0.450 e. The molecular weight excluding hydrogens is 306 g/mol. The molecule has 0 aromatic rings. The van der Waals surface area contributed by atoms with E-state index in [0.717, 1.165) is 58.4 Å². The summed E-state index contributed by atoms with van der Waals surface area (Å²) in [5, 5.41) is 0. The normalized spacial score (nSPS) is 28.9. The van der Waals surface area contributed by atoms with Gasteiger partial charge in [-0.1, -0.05) is 0 Å². The third-order valence-corrected chi connectivity index (χ3v) is 5.92. The number of nitrogens with zero attached hydrogens (tertiary/aromatic N) is 2. The highest BCUT2D eigenvalue weighted by Crippen LogP contribution is 2.18. The molecule has 2 amide bonds. The van der Waals surface area contributed by atoms with Crippen molar-refractivity contribution in [2.45, 2.75) is 51.5 Å². The van der Waals surface area contributed by atoms with Crippen LogP contribution >= 0.6 is 0 Å². The van der Waals surface area contributed by atoms with Crippen LogP contribution in [0.1, 0.15) is 45.4 Å². The van der Waals surface area contributed by atoms with Gasteiger partial charge in [-0.25, -0.2) is 4.79 Å². The van der Waals surface area contributed by atoms with Crippen LogP contribution in [0.4, 0.5) is 4.79 Å². The zero-order valence-electron chi connectivity index (χ0n) is 15.0. The number of hydrogen-bond donors (Lipinski definition) is 1. The van der Waals surface area contributed by atoms with Crippen molar-refractivity contribution < 1.29 is 19.2 Å². The van der Waals surface area contributed by atoms with Crippen LogP contribution in [0.3, 0.4) is 0 Å². The van der Waals surface area contributed by atoms with Crippen molar-refractivity contribution in [3.05, 3.63) is 0 Å². The Kier molecular flexibility index (Phi) is 5.98. The smallest absolute Gasteiger partial charge is 0.409 e. The number of quaternary nitrogens is 1. The quantitative estimate of drug-likeness (QED) is 0.816. The van der Waals surface area contributed by atoms with E-state index in [2.05, 4.69) is 4.90 Å². The number of ether oxygens (including phenoxy) is 1. The van der Waals surface area contributed by atoms with Gasteiger partial charge >= 0.3 is 6.09 Å². The van der Waals surface area contributed by atoms with Crippen molar-refractivity contribution in [3.8, 4) is 0 Å². The summed E-state index contributed by atoms with van der Waals surface area (Å²) in [5.41, 5.74) is 0. The maximum atomic E-state index is 12.7. The first-order valence-corrected chi connectivity index (χ1v) is 9.74. The topological polar surface area (TPSA) is 54.3 Å². The molecule has 3 aliphatic rings. The lowest BCUT2D eigenvalue weighted by atomic mass is 9.93. The highest BCUT2D eigenvalue weighted by atomic mass is 16.6. The number of carbonyl (C=O) groups excluding carboxylic acids is 2. The van der Waals surface area contributed by atoms with Crippen LogP contribution in [-0.4, -0.2) is 73.7 Å². The molecule has 136 valence electrons. The Morgan fingerprint density at radius 1 is 1.00 bits per heavy atom. The predicted molar refractivity (Wildman–Crippen MR) is 90.9 cm³/mol. The molecule has 6 heteroatoms. The molecule has 0 saturated carbocycles. The van der Waals surface area contributed by atoms with Crippen LogP contribution in [0.5, 0.6) is 0 Å². The summed E-state index contributed by atoms with van der Waals surface area (Å²) in [6, 6.07) is 0.588. The molecule has 3 saturated heterocycles. The first-order chi connectivity index (χ1) is 11.7. The van der Waals surface area contributed by atoms with Crippen molar-refractivity contribution in [1.29, 1.82) is 0 Å². The number of carbonyl (C=O) groups is 2. The van der Waals surface area contributed by atoms with Gasteiger partial charge < -0.3 is 19.4 Å². The van der Waals surface area contributed by atoms with Gasteiger partial charge in [0.1, 0.15) is 0 Å². The van der Waals surface area contributed by atoms with Crippen LogP contribution in [-0.2, 0) is 9.53 Å². The summed E-state index contributed by atoms with van der Waals surface area (Å²) in [5.74, 6) is 0.614. The number of likely N-dealkylation sites (tertiary alicyclic amines) is 3. The van der Waals surface area contributed by atoms with Crippen molar-refractivity contribution in [2.75, 3.05) is 45.9 Å². The maximum Gasteiger partial charge on any atom is 0.409 e. The molecule has 1 N–H and O–H groups in total. The predicted octanol–water partition coefficient (Wildman–Crippen LogP) is 0.525. The van der Waals surface area contributed by atoms with Crippen LogP contribution < -0.4 is 4.90 Å². The van der Waals surface area contributed by atoms with Gasteiger partial charge in [-0.15, -0.1) is 0 Å². The monoisotopic (exact) mass is 338 g/mol. The van der Waals surface area contributed by atoms with E-state index >= 15 is 0 Å². The number of amides is 2. The number of piperidine rings is 2. The summed E-state index contributed by atoms with van der Waals surface area (Å²) in [6.07, 6.45) is 6.42. The fourth-order valence-electron chi connectivity index (χ4n) is 4.56. The highest BCUT2D eigenvalue weighted by Gasteiger charge is 2.37. The van der Waals surface area contributed by atoms with Crippen molar-refractivity contribution in [1.82, 2.24) is 9.80 Å².